The van der Waals surface area contributed by atoms with Crippen molar-refractivity contribution in [2.45, 2.75) is 13.5 Å². The van der Waals surface area contributed by atoms with Crippen LogP contribution in [0, 0.1) is 5.82 Å². The lowest BCUT2D eigenvalue weighted by molar-refractivity contribution is 0.0696. The van der Waals surface area contributed by atoms with Gasteiger partial charge in [-0.05, 0) is 25.1 Å². The summed E-state index contributed by atoms with van der Waals surface area (Å²) < 4.78 is 22.8. The Bertz CT molecular complexity index is 1180. The third-order valence-electron chi connectivity index (χ3n) is 5.02. The number of rotatable bonds is 5. The summed E-state index contributed by atoms with van der Waals surface area (Å²) in [6.07, 6.45) is 0. The molecule has 4 rings (SSSR count). The first-order valence-corrected chi connectivity index (χ1v) is 9.54. The summed E-state index contributed by atoms with van der Waals surface area (Å²) in [5, 5.41) is 12.2. The van der Waals surface area contributed by atoms with Gasteiger partial charge >= 0.3 is 12.0 Å². The van der Waals surface area contributed by atoms with E-state index in [1.54, 1.807) is 0 Å². The van der Waals surface area contributed by atoms with E-state index in [1.807, 2.05) is 11.5 Å². The number of imidazole rings is 1. The van der Waals surface area contributed by atoms with Crippen LogP contribution in [0.25, 0.3) is 11.2 Å². The van der Waals surface area contributed by atoms with E-state index in [2.05, 4.69) is 20.2 Å². The summed E-state index contributed by atoms with van der Waals surface area (Å²) in [7, 11) is 1.48. The number of hydrogen-bond donors (Lipinski definition) is 2. The fourth-order valence-corrected chi connectivity index (χ4v) is 3.44. The van der Waals surface area contributed by atoms with E-state index in [4.69, 9.17) is 9.84 Å². The number of fused-ring (bicyclic) bond motifs is 1. The van der Waals surface area contributed by atoms with Gasteiger partial charge in [0.2, 0.25) is 5.95 Å². The van der Waals surface area contributed by atoms with E-state index in [0.717, 1.165) is 32.2 Å². The van der Waals surface area contributed by atoms with Gasteiger partial charge in [0.1, 0.15) is 0 Å². The van der Waals surface area contributed by atoms with E-state index >= 15 is 0 Å². The monoisotopic (exact) mass is 416 g/mol. The molecule has 2 aromatic heterocycles. The molecule has 10 nitrogen and oxygen atoms in total. The SMILES string of the molecule is CCn1c(N2CCNCC2)nc2nc(Oc3ccc(C(=O)O)cc3F)n(C)c(=O)c21. The Labute approximate surface area is 170 Å². The van der Waals surface area contributed by atoms with Gasteiger partial charge in [0, 0.05) is 39.8 Å². The van der Waals surface area contributed by atoms with Crippen LogP contribution in [-0.2, 0) is 13.6 Å². The van der Waals surface area contributed by atoms with Crippen molar-refractivity contribution in [3.63, 3.8) is 0 Å². The molecule has 3 aromatic rings. The minimum Gasteiger partial charge on any atom is -0.478 e. The second-order valence-corrected chi connectivity index (χ2v) is 6.88. The smallest absolute Gasteiger partial charge is 0.335 e. The number of hydrogen-bond acceptors (Lipinski definition) is 7. The number of nitrogens with zero attached hydrogens (tertiary/aromatic N) is 5. The van der Waals surface area contributed by atoms with Gasteiger partial charge in [-0.2, -0.15) is 9.97 Å². The first-order valence-electron chi connectivity index (χ1n) is 9.54. The third kappa shape index (κ3) is 3.36. The lowest BCUT2D eigenvalue weighted by Gasteiger charge is -2.28. The van der Waals surface area contributed by atoms with Gasteiger partial charge < -0.3 is 24.6 Å². The summed E-state index contributed by atoms with van der Waals surface area (Å²) >= 11 is 0. The number of ether oxygens (including phenoxy) is 1. The van der Waals surface area contributed by atoms with Gasteiger partial charge in [0.15, 0.2) is 22.7 Å². The number of aromatic nitrogens is 4. The number of carboxylic acid groups (broad SMARTS) is 1. The molecule has 1 aromatic carbocycles. The zero-order valence-corrected chi connectivity index (χ0v) is 16.6. The van der Waals surface area contributed by atoms with Crippen LogP contribution in [0.4, 0.5) is 10.3 Å². The van der Waals surface area contributed by atoms with Crippen LogP contribution in [0.1, 0.15) is 17.3 Å². The number of piperazine rings is 1. The molecule has 158 valence electrons. The highest BCUT2D eigenvalue weighted by Crippen LogP contribution is 2.26. The molecule has 2 N–H and O–H groups in total. The molecule has 1 saturated heterocycles. The summed E-state index contributed by atoms with van der Waals surface area (Å²) in [4.78, 5) is 35.0. The maximum absolute atomic E-state index is 14.3. The summed E-state index contributed by atoms with van der Waals surface area (Å²) in [6, 6.07) is 3.11. The molecule has 0 bridgehead atoms. The molecule has 0 atom stereocenters. The molecular formula is C19H21FN6O4. The minimum absolute atomic E-state index is 0.137. The molecular weight excluding hydrogens is 395 g/mol. The topological polar surface area (TPSA) is 115 Å². The van der Waals surface area contributed by atoms with Crippen molar-refractivity contribution in [1.29, 1.82) is 0 Å². The van der Waals surface area contributed by atoms with Crippen LogP contribution in [0.5, 0.6) is 11.8 Å². The average Bonchev–Trinajstić information content (AvgIpc) is 3.12. The molecule has 1 aliphatic rings. The third-order valence-corrected chi connectivity index (χ3v) is 5.02. The zero-order valence-electron chi connectivity index (χ0n) is 16.6. The maximum Gasteiger partial charge on any atom is 0.335 e. The summed E-state index contributed by atoms with van der Waals surface area (Å²) in [5.41, 5.74) is -0.0126. The first-order chi connectivity index (χ1) is 14.4. The molecule has 0 aliphatic carbocycles. The van der Waals surface area contributed by atoms with Crippen LogP contribution in [0.2, 0.25) is 0 Å². The highest BCUT2D eigenvalue weighted by molar-refractivity contribution is 5.87. The lowest BCUT2D eigenvalue weighted by atomic mass is 10.2. The van der Waals surface area contributed by atoms with Crippen molar-refractivity contribution in [3.8, 4) is 11.8 Å². The number of aryl methyl sites for hydroxylation is 1. The Morgan fingerprint density at radius 2 is 2.03 bits per heavy atom. The second-order valence-electron chi connectivity index (χ2n) is 6.88. The molecule has 1 aliphatic heterocycles. The molecule has 0 radical (unpaired) electrons. The van der Waals surface area contributed by atoms with E-state index in [0.29, 0.717) is 18.0 Å². The highest BCUT2D eigenvalue weighted by Gasteiger charge is 2.23. The fourth-order valence-electron chi connectivity index (χ4n) is 3.44. The van der Waals surface area contributed by atoms with E-state index in [1.165, 1.54) is 23.7 Å². The van der Waals surface area contributed by atoms with E-state index in [-0.39, 0.29) is 28.5 Å². The molecule has 1 fully saturated rings. The number of carbonyl (C=O) groups is 1. The van der Waals surface area contributed by atoms with Crippen LogP contribution in [0.3, 0.4) is 0 Å². The molecule has 11 heteroatoms. The van der Waals surface area contributed by atoms with Crippen molar-refractivity contribution < 1.29 is 19.0 Å². The predicted octanol–water partition coefficient (Wildman–Crippen LogP) is 1.19. The summed E-state index contributed by atoms with van der Waals surface area (Å²) in [6.45, 7) is 5.62. The number of nitrogens with one attached hydrogen (secondary N) is 1. The quantitative estimate of drug-likeness (QED) is 0.638. The van der Waals surface area contributed by atoms with Gasteiger partial charge in [-0.1, -0.05) is 0 Å². The largest absolute Gasteiger partial charge is 0.478 e. The van der Waals surface area contributed by atoms with Crippen LogP contribution in [-0.4, -0.2) is 56.4 Å². The lowest BCUT2D eigenvalue weighted by Crippen LogP contribution is -2.44. The standard InChI is InChI=1S/C19H21FN6O4/c1-3-26-14-15(22-18(26)25-8-6-21-7-9-25)23-19(24(2)16(14)27)30-13-5-4-11(17(28)29)10-12(13)20/h4-5,10,21H,3,6-9H2,1-2H3,(H,28,29). The fraction of sp³-hybridized carbons (Fsp3) is 0.368. The molecule has 3 heterocycles. The Morgan fingerprint density at radius 1 is 1.30 bits per heavy atom. The maximum atomic E-state index is 14.3. The molecule has 0 unspecified atom stereocenters. The van der Waals surface area contributed by atoms with Gasteiger partial charge in [0.05, 0.1) is 5.56 Å². The predicted molar refractivity (Wildman–Crippen MR) is 107 cm³/mol. The normalized spacial score (nSPS) is 14.3. The Balaban J connectivity index is 1.78. The first kappa shape index (κ1) is 19.8. The van der Waals surface area contributed by atoms with Crippen molar-refractivity contribution in [1.82, 2.24) is 24.4 Å². The highest BCUT2D eigenvalue weighted by atomic mass is 19.1. The van der Waals surface area contributed by atoms with Gasteiger partial charge in [-0.15, -0.1) is 0 Å². The van der Waals surface area contributed by atoms with E-state index in [9.17, 15) is 14.0 Å². The van der Waals surface area contributed by atoms with Crippen molar-refractivity contribution in [3.05, 3.63) is 39.9 Å². The van der Waals surface area contributed by atoms with Crippen molar-refractivity contribution in [2.24, 2.45) is 7.05 Å². The van der Waals surface area contributed by atoms with Gasteiger partial charge in [-0.3, -0.25) is 9.36 Å². The Kier molecular flexibility index (Phi) is 5.12. The zero-order chi connectivity index (χ0) is 21.4. The van der Waals surface area contributed by atoms with Crippen molar-refractivity contribution in [2.75, 3.05) is 31.1 Å². The molecule has 0 spiro atoms. The number of anilines is 1. The number of halogens is 1. The van der Waals surface area contributed by atoms with E-state index < -0.39 is 11.8 Å². The number of benzene rings is 1. The Hall–Kier alpha value is -3.47. The van der Waals surface area contributed by atoms with Crippen LogP contribution >= 0.6 is 0 Å². The minimum atomic E-state index is -1.25. The number of aromatic carboxylic acids is 1. The molecule has 30 heavy (non-hydrogen) atoms. The summed E-state index contributed by atoms with van der Waals surface area (Å²) in [5.74, 6) is -1.70. The second kappa shape index (κ2) is 7.75. The Morgan fingerprint density at radius 3 is 2.67 bits per heavy atom. The molecule has 0 saturated carbocycles. The number of carboxylic acids is 1. The van der Waals surface area contributed by atoms with Crippen molar-refractivity contribution >= 4 is 23.1 Å². The molecule has 0 amide bonds. The van der Waals surface area contributed by atoms with Crippen LogP contribution in [0.15, 0.2) is 23.0 Å². The average molecular weight is 416 g/mol. The van der Waals surface area contributed by atoms with Gasteiger partial charge in [-0.25, -0.2) is 9.18 Å². The van der Waals surface area contributed by atoms with Gasteiger partial charge in [0.25, 0.3) is 5.56 Å². The van der Waals surface area contributed by atoms with Crippen LogP contribution < -0.4 is 20.5 Å².